The van der Waals surface area contributed by atoms with Crippen molar-refractivity contribution in [2.45, 2.75) is 130 Å². The lowest BCUT2D eigenvalue weighted by Crippen LogP contribution is -2.55. The Morgan fingerprint density at radius 1 is 0.486 bits per heavy atom. The van der Waals surface area contributed by atoms with Crippen molar-refractivity contribution < 1.29 is 67.3 Å². The van der Waals surface area contributed by atoms with Gasteiger partial charge in [0.25, 0.3) is 0 Å². The number of nitrogens with zero attached hydrogens (tertiary/aromatic N) is 10. The molecule has 72 heavy (non-hydrogen) atoms. The molecule has 30 nitrogen and oxygen atoms in total. The van der Waals surface area contributed by atoms with Crippen LogP contribution in [0.25, 0.3) is 0 Å². The Bertz CT molecular complexity index is 2610. The normalized spacial score (nSPS) is 16.0. The molecule has 0 radical (unpaired) electrons. The Hall–Kier alpha value is -6.47. The molecule has 0 spiro atoms. The maximum Gasteiger partial charge on any atom is 0.336 e. The van der Waals surface area contributed by atoms with Crippen LogP contribution in [0.1, 0.15) is 66.7 Å². The molecule has 404 valence electrons. The van der Waals surface area contributed by atoms with Gasteiger partial charge in [-0.2, -0.15) is 0 Å². The maximum absolute atomic E-state index is 13.8. The predicted molar refractivity (Wildman–Crippen MR) is 245 cm³/mol. The van der Waals surface area contributed by atoms with Crippen LogP contribution in [0, 0.1) is 0 Å². The van der Waals surface area contributed by atoms with E-state index in [-0.39, 0.29) is 59.4 Å². The van der Waals surface area contributed by atoms with Gasteiger partial charge in [-0.15, -0.1) is 0 Å². The van der Waals surface area contributed by atoms with Crippen molar-refractivity contribution in [3.8, 4) is 0 Å². The molecule has 0 aromatic carbocycles. The molecular weight excluding hydrogens is 965 g/mol. The summed E-state index contributed by atoms with van der Waals surface area (Å²) in [7, 11) is 4.11. The van der Waals surface area contributed by atoms with Crippen LogP contribution in [0.4, 0.5) is 9.59 Å². The van der Waals surface area contributed by atoms with Crippen molar-refractivity contribution in [3.63, 3.8) is 0 Å². The van der Waals surface area contributed by atoms with E-state index in [4.69, 9.17) is 38.3 Å². The molecule has 2 aliphatic rings. The fraction of sp³-hybridized carbons (Fsp3) is 0.738. The van der Waals surface area contributed by atoms with Crippen molar-refractivity contribution in [3.05, 3.63) is 62.9 Å². The molecule has 2 saturated heterocycles. The van der Waals surface area contributed by atoms with Crippen LogP contribution in [0.15, 0.2) is 28.8 Å². The number of urea groups is 2. The summed E-state index contributed by atoms with van der Waals surface area (Å²) in [5.74, 6) is -2.62. The largest absolute Gasteiger partial charge is 0.466 e. The highest BCUT2D eigenvalue weighted by molar-refractivity contribution is 5.85. The fourth-order valence-corrected chi connectivity index (χ4v) is 7.57. The second-order valence-corrected chi connectivity index (χ2v) is 18.1. The highest BCUT2D eigenvalue weighted by Gasteiger charge is 2.59. The minimum atomic E-state index is -1.35. The molecule has 2 fully saturated rings. The molecule has 30 heteroatoms. The highest BCUT2D eigenvalue weighted by atomic mass is 16.6. The van der Waals surface area contributed by atoms with Gasteiger partial charge in [0, 0.05) is 60.5 Å². The zero-order chi connectivity index (χ0) is 53.7. The van der Waals surface area contributed by atoms with Crippen LogP contribution in [0.3, 0.4) is 0 Å². The number of aromatic nitrogens is 6. The maximum atomic E-state index is 13.8. The predicted octanol–water partition coefficient (Wildman–Crippen LogP) is -3.59. The zero-order valence-electron chi connectivity index (χ0n) is 41.8. The Kier molecular flexibility index (Phi) is 20.8. The van der Waals surface area contributed by atoms with Crippen LogP contribution < -0.4 is 34.1 Å². The molecule has 0 saturated carbocycles. The Morgan fingerprint density at radius 2 is 0.833 bits per heavy atom. The summed E-state index contributed by atoms with van der Waals surface area (Å²) >= 11 is 0. The first-order valence-electron chi connectivity index (χ1n) is 22.9. The quantitative estimate of drug-likeness (QED) is 0.0452. The van der Waals surface area contributed by atoms with Crippen LogP contribution in [0.2, 0.25) is 0 Å². The number of rotatable bonds is 29. The third-order valence-electron chi connectivity index (χ3n) is 10.9. The van der Waals surface area contributed by atoms with Gasteiger partial charge in [-0.1, -0.05) is 0 Å². The molecule has 2 N–H and O–H groups in total. The number of esters is 3. The minimum absolute atomic E-state index is 0.107. The second kappa shape index (κ2) is 25.8. The molecule has 0 bridgehead atoms. The zero-order valence-corrected chi connectivity index (χ0v) is 41.8. The monoisotopic (exact) mass is 1030 g/mol. The Labute approximate surface area is 410 Å². The SMILES string of the molecule is COCN1C(=O)N(COC)C2C1N(COC)C(=O)N2COCCn1c(=O)n(CCOC(=O)CCn2c(=O)n(CCC(=O)OCCCO)c(=O)n(CCC(=O)OC(C)(C)C)c2=O)c(=O)n(CCC(C)(C)O)c1=O. The van der Waals surface area contributed by atoms with Crippen LogP contribution in [-0.4, -0.2) is 185 Å². The summed E-state index contributed by atoms with van der Waals surface area (Å²) in [5.41, 5.74) is -9.07. The van der Waals surface area contributed by atoms with Gasteiger partial charge < -0.3 is 43.4 Å². The molecule has 2 aromatic rings. The van der Waals surface area contributed by atoms with E-state index >= 15 is 0 Å². The number of amides is 4. The molecule has 4 heterocycles. The van der Waals surface area contributed by atoms with Gasteiger partial charge in [-0.3, -0.25) is 34.0 Å². The minimum Gasteiger partial charge on any atom is -0.466 e. The number of fused-ring (bicyclic) bond motifs is 1. The summed E-state index contributed by atoms with van der Waals surface area (Å²) in [6, 6.07) is -1.08. The van der Waals surface area contributed by atoms with Crippen molar-refractivity contribution >= 4 is 30.0 Å². The Balaban J connectivity index is 1.53. The van der Waals surface area contributed by atoms with Gasteiger partial charge in [0.05, 0.1) is 51.2 Å². The summed E-state index contributed by atoms with van der Waals surface area (Å²) in [5, 5.41) is 19.4. The highest BCUT2D eigenvalue weighted by Crippen LogP contribution is 2.34. The summed E-state index contributed by atoms with van der Waals surface area (Å²) < 4.78 is 40.6. The molecule has 4 amide bonds. The number of carbonyl (C=O) groups is 5. The number of ether oxygens (including phenoxy) is 7. The average Bonchev–Trinajstić information content (AvgIpc) is 3.70. The average molecular weight is 1030 g/mol. The van der Waals surface area contributed by atoms with Crippen molar-refractivity contribution in [2.75, 3.05) is 74.7 Å². The molecule has 0 aliphatic carbocycles. The first-order chi connectivity index (χ1) is 33.9. The topological polar surface area (TPSA) is 335 Å². The van der Waals surface area contributed by atoms with Gasteiger partial charge in [0.1, 0.15) is 39.1 Å². The van der Waals surface area contributed by atoms with Crippen LogP contribution in [-0.2, 0) is 86.8 Å². The first kappa shape index (κ1) is 58.1. The van der Waals surface area contributed by atoms with E-state index in [9.17, 15) is 57.8 Å². The van der Waals surface area contributed by atoms with Gasteiger partial charge in [0.2, 0.25) is 0 Å². The van der Waals surface area contributed by atoms with Crippen molar-refractivity contribution in [1.82, 2.24) is 47.0 Å². The van der Waals surface area contributed by atoms with Crippen molar-refractivity contribution in [1.29, 1.82) is 0 Å². The summed E-state index contributed by atoms with van der Waals surface area (Å²) in [6.07, 6.45) is -3.40. The van der Waals surface area contributed by atoms with Gasteiger partial charge in [-0.25, -0.2) is 65.8 Å². The lowest BCUT2D eigenvalue weighted by molar-refractivity contribution is -0.155. The Morgan fingerprint density at radius 3 is 1.21 bits per heavy atom. The van der Waals surface area contributed by atoms with E-state index in [1.165, 1.54) is 54.8 Å². The first-order valence-corrected chi connectivity index (χ1v) is 22.9. The number of hydrogen-bond acceptors (Lipinski definition) is 20. The van der Waals surface area contributed by atoms with E-state index in [2.05, 4.69) is 0 Å². The third-order valence-corrected chi connectivity index (χ3v) is 10.9. The molecule has 2 aromatic heterocycles. The standard InChI is InChI=1S/C42H66N10O20/c1-41(2,3)72-30(56)12-16-45-34(58)43(14-10-28(54)70-21-9-20-53)33(57)44(35(45)59)15-11-29(55)71-23-19-48-37(61)46(17-13-42(4,5)65)36(60)47(38(48)62)18-22-69-27-52-32-31(50(25-67-7)40(52)64)49(24-66-6)39(63)51(32)26-68-8/h31-32,53,65H,9-27H2,1-8H3. The number of aliphatic hydroxyl groups excluding tert-OH is 1. The number of aliphatic hydroxyl groups is 2. The number of carbonyl (C=O) groups excluding carboxylic acids is 5. The second-order valence-electron chi connectivity index (χ2n) is 18.1. The van der Waals surface area contributed by atoms with Crippen LogP contribution in [0.5, 0.6) is 0 Å². The van der Waals surface area contributed by atoms with E-state index in [0.717, 1.165) is 0 Å². The van der Waals surface area contributed by atoms with E-state index in [1.807, 2.05) is 0 Å². The summed E-state index contributed by atoms with van der Waals surface area (Å²) in [6.45, 7) is 2.10. The number of methoxy groups -OCH3 is 3. The third kappa shape index (κ3) is 14.6. The molecule has 4 rings (SSSR count). The molecule has 2 aliphatic heterocycles. The number of hydrogen-bond donors (Lipinski definition) is 2. The summed E-state index contributed by atoms with van der Waals surface area (Å²) in [4.78, 5) is 151. The molecule has 2 atom stereocenters. The lowest BCUT2D eigenvalue weighted by Gasteiger charge is -2.28. The smallest absolute Gasteiger partial charge is 0.336 e. The molecular formula is C42H66N10O20. The van der Waals surface area contributed by atoms with Gasteiger partial charge >= 0.3 is 64.1 Å². The van der Waals surface area contributed by atoms with E-state index in [0.29, 0.717) is 27.4 Å². The van der Waals surface area contributed by atoms with Crippen molar-refractivity contribution in [2.24, 2.45) is 0 Å². The fourth-order valence-electron chi connectivity index (χ4n) is 7.57. The van der Waals surface area contributed by atoms with Crippen LogP contribution >= 0.6 is 0 Å². The lowest BCUT2D eigenvalue weighted by atomic mass is 10.1. The molecule has 2 unspecified atom stereocenters. The van der Waals surface area contributed by atoms with E-state index < -0.39 is 153 Å². The van der Waals surface area contributed by atoms with Gasteiger partial charge in [-0.05, 0) is 41.0 Å². The van der Waals surface area contributed by atoms with E-state index in [1.54, 1.807) is 20.8 Å². The van der Waals surface area contributed by atoms with Gasteiger partial charge in [0.15, 0.2) is 12.3 Å².